The van der Waals surface area contributed by atoms with Gasteiger partial charge in [0.05, 0.1) is 19.3 Å². The van der Waals surface area contributed by atoms with Crippen molar-refractivity contribution in [2.75, 3.05) is 46.0 Å². The molecule has 6 nitrogen and oxygen atoms in total. The third-order valence-corrected chi connectivity index (χ3v) is 5.19. The second-order valence-corrected chi connectivity index (χ2v) is 7.42. The molecule has 0 bridgehead atoms. The van der Waals surface area contributed by atoms with E-state index in [-0.39, 0.29) is 12.5 Å². The molecule has 26 heavy (non-hydrogen) atoms. The summed E-state index contributed by atoms with van der Waals surface area (Å²) in [5.41, 5.74) is 1.03. The van der Waals surface area contributed by atoms with Crippen molar-refractivity contribution in [1.82, 2.24) is 9.80 Å². The molecule has 6 heteroatoms. The van der Waals surface area contributed by atoms with E-state index in [1.165, 1.54) is 0 Å². The van der Waals surface area contributed by atoms with Crippen LogP contribution in [0.1, 0.15) is 25.3 Å². The van der Waals surface area contributed by atoms with Crippen molar-refractivity contribution in [2.45, 2.75) is 32.4 Å². The monoisotopic (exact) mass is 362 g/mol. The quantitative estimate of drug-likeness (QED) is 0.860. The third kappa shape index (κ3) is 5.43. The summed E-state index contributed by atoms with van der Waals surface area (Å²) in [6, 6.07) is 7.82. The van der Waals surface area contributed by atoms with Gasteiger partial charge in [-0.05, 0) is 24.8 Å². The zero-order valence-electron chi connectivity index (χ0n) is 15.6. The molecular formula is C20H30N2O4. The minimum Gasteiger partial charge on any atom is -0.483 e. The molecule has 2 saturated heterocycles. The van der Waals surface area contributed by atoms with Gasteiger partial charge in [0, 0.05) is 38.3 Å². The summed E-state index contributed by atoms with van der Waals surface area (Å²) in [6.45, 7) is 7.01. The molecule has 2 fully saturated rings. The molecule has 144 valence electrons. The first-order chi connectivity index (χ1) is 12.6. The van der Waals surface area contributed by atoms with Gasteiger partial charge in [-0.3, -0.25) is 9.69 Å². The molecular weight excluding hydrogens is 332 g/mol. The van der Waals surface area contributed by atoms with E-state index in [1.807, 2.05) is 29.2 Å². The van der Waals surface area contributed by atoms with Gasteiger partial charge in [0.2, 0.25) is 0 Å². The summed E-state index contributed by atoms with van der Waals surface area (Å²) in [5, 5.41) is 9.90. The second kappa shape index (κ2) is 9.35. The van der Waals surface area contributed by atoms with Gasteiger partial charge in [0.25, 0.3) is 5.91 Å². The molecule has 1 atom stereocenters. The summed E-state index contributed by atoms with van der Waals surface area (Å²) in [6.07, 6.45) is 1.68. The maximum absolute atomic E-state index is 12.4. The number of amides is 1. The number of rotatable bonds is 5. The van der Waals surface area contributed by atoms with Crippen LogP contribution >= 0.6 is 0 Å². The molecule has 0 aliphatic carbocycles. The Kier molecular flexibility index (Phi) is 6.88. The number of ether oxygens (including phenoxy) is 2. The summed E-state index contributed by atoms with van der Waals surface area (Å²) in [4.78, 5) is 16.5. The van der Waals surface area contributed by atoms with Crippen LogP contribution in [0.15, 0.2) is 24.3 Å². The number of aliphatic hydroxyl groups is 1. The van der Waals surface area contributed by atoms with Crippen LogP contribution in [-0.4, -0.2) is 72.9 Å². The minimum absolute atomic E-state index is 0.0605. The molecule has 2 aliphatic rings. The van der Waals surface area contributed by atoms with Crippen LogP contribution in [0.2, 0.25) is 0 Å². The van der Waals surface area contributed by atoms with Gasteiger partial charge >= 0.3 is 0 Å². The van der Waals surface area contributed by atoms with Crippen molar-refractivity contribution in [2.24, 2.45) is 5.92 Å². The van der Waals surface area contributed by atoms with E-state index < -0.39 is 6.10 Å². The predicted molar refractivity (Wildman–Crippen MR) is 99.0 cm³/mol. The van der Waals surface area contributed by atoms with Gasteiger partial charge in [0.15, 0.2) is 6.61 Å². The van der Waals surface area contributed by atoms with Crippen LogP contribution in [0.3, 0.4) is 0 Å². The Balaban J connectivity index is 1.56. The largest absolute Gasteiger partial charge is 0.483 e. The van der Waals surface area contributed by atoms with Crippen molar-refractivity contribution in [3.05, 3.63) is 29.8 Å². The molecule has 2 aliphatic heterocycles. The highest BCUT2D eigenvalue weighted by Crippen LogP contribution is 2.21. The smallest absolute Gasteiger partial charge is 0.260 e. The Bertz CT molecular complexity index is 587. The Morgan fingerprint density at radius 1 is 1.27 bits per heavy atom. The molecule has 0 radical (unpaired) electrons. The van der Waals surface area contributed by atoms with E-state index in [9.17, 15) is 9.90 Å². The van der Waals surface area contributed by atoms with E-state index in [4.69, 9.17) is 9.47 Å². The lowest BCUT2D eigenvalue weighted by Gasteiger charge is -2.30. The molecule has 1 N–H and O–H groups in total. The zero-order valence-corrected chi connectivity index (χ0v) is 15.6. The molecule has 0 saturated carbocycles. The number of piperidine rings is 1. The summed E-state index contributed by atoms with van der Waals surface area (Å²) >= 11 is 0. The Morgan fingerprint density at radius 3 is 2.85 bits per heavy atom. The Morgan fingerprint density at radius 2 is 2.04 bits per heavy atom. The lowest BCUT2D eigenvalue weighted by molar-refractivity contribution is -0.134. The van der Waals surface area contributed by atoms with Crippen LogP contribution < -0.4 is 4.74 Å². The summed E-state index contributed by atoms with van der Waals surface area (Å²) in [7, 11) is 0. The van der Waals surface area contributed by atoms with E-state index in [2.05, 4.69) is 11.8 Å². The average Bonchev–Trinajstić information content (AvgIpc) is 2.85. The fourth-order valence-electron chi connectivity index (χ4n) is 3.50. The summed E-state index contributed by atoms with van der Waals surface area (Å²) < 4.78 is 11.3. The van der Waals surface area contributed by atoms with Gasteiger partial charge in [0.1, 0.15) is 5.75 Å². The highest BCUT2D eigenvalue weighted by atomic mass is 16.5. The SMILES string of the molecule is CC1CCN(C(=O)COc2ccccc2CN2CCOCC(O)C2)CC1. The molecule has 1 aromatic carbocycles. The van der Waals surface area contributed by atoms with Crippen molar-refractivity contribution in [3.8, 4) is 5.75 Å². The van der Waals surface area contributed by atoms with Crippen molar-refractivity contribution >= 4 is 5.91 Å². The van der Waals surface area contributed by atoms with Crippen LogP contribution in [0.5, 0.6) is 5.75 Å². The van der Waals surface area contributed by atoms with E-state index in [1.54, 1.807) is 0 Å². The molecule has 1 aromatic rings. The first kappa shape index (κ1) is 19.1. The second-order valence-electron chi connectivity index (χ2n) is 7.42. The lowest BCUT2D eigenvalue weighted by Crippen LogP contribution is -2.40. The van der Waals surface area contributed by atoms with Crippen LogP contribution in [0.4, 0.5) is 0 Å². The van der Waals surface area contributed by atoms with Gasteiger partial charge in [-0.2, -0.15) is 0 Å². The third-order valence-electron chi connectivity index (χ3n) is 5.19. The number of likely N-dealkylation sites (tertiary alicyclic amines) is 1. The van der Waals surface area contributed by atoms with Crippen LogP contribution in [0.25, 0.3) is 0 Å². The number of carbonyl (C=O) groups excluding carboxylic acids is 1. The number of hydrogen-bond donors (Lipinski definition) is 1. The van der Waals surface area contributed by atoms with Crippen LogP contribution in [-0.2, 0) is 16.1 Å². The van der Waals surface area contributed by atoms with Crippen molar-refractivity contribution in [3.63, 3.8) is 0 Å². The van der Waals surface area contributed by atoms with Gasteiger partial charge in [-0.25, -0.2) is 0 Å². The Labute approximate surface area is 155 Å². The number of carbonyl (C=O) groups is 1. The first-order valence-electron chi connectivity index (χ1n) is 9.58. The minimum atomic E-state index is -0.464. The number of para-hydroxylation sites is 1. The van der Waals surface area contributed by atoms with E-state index in [0.29, 0.717) is 32.2 Å². The zero-order chi connectivity index (χ0) is 18.4. The normalized spacial score (nSPS) is 22.8. The van der Waals surface area contributed by atoms with E-state index in [0.717, 1.165) is 43.8 Å². The van der Waals surface area contributed by atoms with Gasteiger partial charge in [-0.15, -0.1) is 0 Å². The van der Waals surface area contributed by atoms with Crippen LogP contribution in [0, 0.1) is 5.92 Å². The fourth-order valence-corrected chi connectivity index (χ4v) is 3.50. The van der Waals surface area contributed by atoms with Gasteiger partial charge < -0.3 is 19.5 Å². The maximum atomic E-state index is 12.4. The standard InChI is InChI=1S/C20H30N2O4/c1-16-6-8-22(9-7-16)20(24)15-26-19-5-3-2-4-17(19)12-21-10-11-25-14-18(23)13-21/h2-5,16,18,23H,6-15H2,1H3. The number of benzene rings is 1. The topological polar surface area (TPSA) is 62.2 Å². The number of hydrogen-bond acceptors (Lipinski definition) is 5. The summed E-state index contributed by atoms with van der Waals surface area (Å²) in [5.74, 6) is 1.50. The number of β-amino-alcohol motifs (C(OH)–C–C–N with tert-alkyl or cyclic N) is 1. The maximum Gasteiger partial charge on any atom is 0.260 e. The van der Waals surface area contributed by atoms with E-state index >= 15 is 0 Å². The number of nitrogens with zero attached hydrogens (tertiary/aromatic N) is 2. The molecule has 2 heterocycles. The molecule has 3 rings (SSSR count). The van der Waals surface area contributed by atoms with Gasteiger partial charge in [-0.1, -0.05) is 25.1 Å². The van der Waals surface area contributed by atoms with Crippen molar-refractivity contribution in [1.29, 1.82) is 0 Å². The molecule has 1 amide bonds. The highest BCUT2D eigenvalue weighted by Gasteiger charge is 2.21. The lowest BCUT2D eigenvalue weighted by atomic mass is 9.99. The first-order valence-corrected chi connectivity index (χ1v) is 9.58. The molecule has 0 spiro atoms. The van der Waals surface area contributed by atoms with Crippen molar-refractivity contribution < 1.29 is 19.4 Å². The highest BCUT2D eigenvalue weighted by molar-refractivity contribution is 5.77. The average molecular weight is 362 g/mol. The molecule has 0 aromatic heterocycles. The molecule has 1 unspecified atom stereocenters. The number of aliphatic hydroxyl groups excluding tert-OH is 1. The Hall–Kier alpha value is -1.63. The predicted octanol–water partition coefficient (Wildman–Crippen LogP) is 1.52. The fraction of sp³-hybridized carbons (Fsp3) is 0.650.